The molecule has 30 heavy (non-hydrogen) atoms. The molecule has 0 bridgehead atoms. The van der Waals surface area contributed by atoms with Gasteiger partial charge in [-0.25, -0.2) is 13.1 Å². The summed E-state index contributed by atoms with van der Waals surface area (Å²) < 4.78 is 34.6. The van der Waals surface area contributed by atoms with Gasteiger partial charge in [0, 0.05) is 25.7 Å². The zero-order valence-electron chi connectivity index (χ0n) is 17.5. The Morgan fingerprint density at radius 2 is 1.73 bits per heavy atom. The van der Waals surface area contributed by atoms with Gasteiger partial charge in [-0.2, -0.15) is 0 Å². The average molecular weight is 425 g/mol. The Hall–Kier alpha value is -2.25. The molecule has 3 aromatic rings. The van der Waals surface area contributed by atoms with Crippen molar-refractivity contribution in [3.63, 3.8) is 0 Å². The highest BCUT2D eigenvalue weighted by Gasteiger charge is 2.26. The van der Waals surface area contributed by atoms with Crippen molar-refractivity contribution in [3.05, 3.63) is 77.4 Å². The summed E-state index contributed by atoms with van der Waals surface area (Å²) in [6, 6.07) is 19.9. The van der Waals surface area contributed by atoms with Crippen molar-refractivity contribution in [3.8, 4) is 0 Å². The number of benzene rings is 3. The highest BCUT2D eigenvalue weighted by atomic mass is 32.2. The van der Waals surface area contributed by atoms with Gasteiger partial charge in [0.25, 0.3) is 0 Å². The van der Waals surface area contributed by atoms with Gasteiger partial charge in [-0.1, -0.05) is 60.2 Å². The van der Waals surface area contributed by atoms with Crippen molar-refractivity contribution in [2.24, 2.45) is 0 Å². The fraction of sp³-hybridized carbons (Fsp3) is 0.333. The smallest absolute Gasteiger partial charge is 0.240 e. The van der Waals surface area contributed by atoms with E-state index in [0.29, 0.717) is 24.7 Å². The predicted octanol–water partition coefficient (Wildman–Crippen LogP) is 3.81. The minimum atomic E-state index is -3.61. The Balaban J connectivity index is 1.67. The lowest BCUT2D eigenvalue weighted by molar-refractivity contribution is 0.0175. The van der Waals surface area contributed by atoms with Gasteiger partial charge in [-0.15, -0.1) is 0 Å². The molecule has 0 saturated carbocycles. The van der Waals surface area contributed by atoms with E-state index in [1.807, 2.05) is 44.2 Å². The van der Waals surface area contributed by atoms with Gasteiger partial charge in [0.1, 0.15) is 0 Å². The monoisotopic (exact) mass is 424 g/mol. The van der Waals surface area contributed by atoms with Crippen LogP contribution in [0.5, 0.6) is 0 Å². The normalized spacial score (nSPS) is 16.6. The summed E-state index contributed by atoms with van der Waals surface area (Å²) in [5.74, 6) is 0. The van der Waals surface area contributed by atoms with Crippen molar-refractivity contribution >= 4 is 20.8 Å². The number of fused-ring (bicyclic) bond motifs is 1. The molecule has 1 N–H and O–H groups in total. The predicted molar refractivity (Wildman–Crippen MR) is 120 cm³/mol. The summed E-state index contributed by atoms with van der Waals surface area (Å²) in [4.78, 5) is 2.65. The first-order chi connectivity index (χ1) is 14.5. The summed E-state index contributed by atoms with van der Waals surface area (Å²) in [6.07, 6.45) is 0. The largest absolute Gasteiger partial charge is 0.379 e. The van der Waals surface area contributed by atoms with E-state index in [-0.39, 0.29) is 6.04 Å². The van der Waals surface area contributed by atoms with Crippen LogP contribution in [0.1, 0.15) is 22.7 Å². The fourth-order valence-corrected chi connectivity index (χ4v) is 5.50. The molecule has 0 spiro atoms. The van der Waals surface area contributed by atoms with Gasteiger partial charge >= 0.3 is 0 Å². The van der Waals surface area contributed by atoms with Crippen LogP contribution in [0.3, 0.4) is 0 Å². The summed E-state index contributed by atoms with van der Waals surface area (Å²) in [7, 11) is -3.61. The van der Waals surface area contributed by atoms with Crippen LogP contribution in [0.2, 0.25) is 0 Å². The standard InChI is InChI=1S/C24H28N2O3S/c1-18-10-11-24(19(2)16-18)30(27,28)25-17-23(26-12-14-29-15-13-26)22-9-5-7-20-6-3-4-8-21(20)22/h3-11,16,23,25H,12-15,17H2,1-2H3. The van der Waals surface area contributed by atoms with Crippen LogP contribution in [0.25, 0.3) is 10.8 Å². The number of hydrogen-bond donors (Lipinski definition) is 1. The zero-order valence-corrected chi connectivity index (χ0v) is 18.3. The molecule has 0 aliphatic carbocycles. The third-order valence-electron chi connectivity index (χ3n) is 5.76. The molecule has 0 aromatic heterocycles. The number of sulfonamides is 1. The molecule has 158 valence electrons. The van der Waals surface area contributed by atoms with E-state index in [0.717, 1.165) is 40.6 Å². The molecular formula is C24H28N2O3S. The first kappa shape index (κ1) is 21.0. The second kappa shape index (κ2) is 8.86. The third-order valence-corrected chi connectivity index (χ3v) is 7.34. The number of ether oxygens (including phenoxy) is 1. The van der Waals surface area contributed by atoms with E-state index in [1.165, 1.54) is 0 Å². The lowest BCUT2D eigenvalue weighted by Crippen LogP contribution is -2.44. The van der Waals surface area contributed by atoms with Gasteiger partial charge in [0.05, 0.1) is 18.1 Å². The van der Waals surface area contributed by atoms with Gasteiger partial charge < -0.3 is 4.74 Å². The molecular weight excluding hydrogens is 396 g/mol. The molecule has 4 rings (SSSR count). The first-order valence-electron chi connectivity index (χ1n) is 10.3. The van der Waals surface area contributed by atoms with Crippen molar-refractivity contribution in [2.45, 2.75) is 24.8 Å². The molecule has 5 nitrogen and oxygen atoms in total. The van der Waals surface area contributed by atoms with Gasteiger partial charge in [0.2, 0.25) is 10.0 Å². The molecule has 0 amide bonds. The average Bonchev–Trinajstić information content (AvgIpc) is 2.74. The van der Waals surface area contributed by atoms with E-state index in [4.69, 9.17) is 4.74 Å². The Morgan fingerprint density at radius 1 is 1.00 bits per heavy atom. The van der Waals surface area contributed by atoms with Crippen LogP contribution in [0.15, 0.2) is 65.6 Å². The van der Waals surface area contributed by atoms with Crippen LogP contribution in [-0.4, -0.2) is 46.2 Å². The SMILES string of the molecule is Cc1ccc(S(=O)(=O)NCC(c2cccc3ccccc23)N2CCOCC2)c(C)c1. The number of nitrogens with zero attached hydrogens (tertiary/aromatic N) is 1. The zero-order chi connectivity index (χ0) is 21.1. The lowest BCUT2D eigenvalue weighted by atomic mass is 9.97. The molecule has 6 heteroatoms. The van der Waals surface area contributed by atoms with Crippen LogP contribution in [0, 0.1) is 13.8 Å². The third kappa shape index (κ3) is 4.42. The topological polar surface area (TPSA) is 58.6 Å². The highest BCUT2D eigenvalue weighted by Crippen LogP contribution is 2.29. The van der Waals surface area contributed by atoms with Crippen LogP contribution < -0.4 is 4.72 Å². The minimum absolute atomic E-state index is 0.0690. The van der Waals surface area contributed by atoms with Crippen LogP contribution >= 0.6 is 0 Å². The van der Waals surface area contributed by atoms with E-state index in [9.17, 15) is 8.42 Å². The number of nitrogens with one attached hydrogen (secondary N) is 1. The maximum Gasteiger partial charge on any atom is 0.240 e. The van der Waals surface area contributed by atoms with E-state index in [1.54, 1.807) is 6.07 Å². The molecule has 3 aromatic carbocycles. The lowest BCUT2D eigenvalue weighted by Gasteiger charge is -2.35. The fourth-order valence-electron chi connectivity index (χ4n) is 4.23. The Kier molecular flexibility index (Phi) is 6.20. The number of hydrogen-bond acceptors (Lipinski definition) is 4. The molecule has 0 radical (unpaired) electrons. The Morgan fingerprint density at radius 3 is 2.50 bits per heavy atom. The van der Waals surface area contributed by atoms with Gasteiger partial charge in [-0.05, 0) is 41.8 Å². The second-order valence-electron chi connectivity index (χ2n) is 7.85. The molecule has 1 fully saturated rings. The van der Waals surface area contributed by atoms with Crippen molar-refractivity contribution in [2.75, 3.05) is 32.8 Å². The quantitative estimate of drug-likeness (QED) is 0.654. The summed E-state index contributed by atoms with van der Waals surface area (Å²) in [5.41, 5.74) is 2.95. The minimum Gasteiger partial charge on any atom is -0.379 e. The molecule has 1 aliphatic heterocycles. The summed E-state index contributed by atoms with van der Waals surface area (Å²) in [5, 5.41) is 2.31. The van der Waals surface area contributed by atoms with E-state index in [2.05, 4.69) is 33.9 Å². The Labute approximate surface area is 178 Å². The highest BCUT2D eigenvalue weighted by molar-refractivity contribution is 7.89. The Bertz CT molecular complexity index is 1130. The van der Waals surface area contributed by atoms with Crippen molar-refractivity contribution < 1.29 is 13.2 Å². The molecule has 1 atom stereocenters. The van der Waals surface area contributed by atoms with Crippen molar-refractivity contribution in [1.82, 2.24) is 9.62 Å². The molecule has 1 aliphatic rings. The molecule has 1 saturated heterocycles. The first-order valence-corrected chi connectivity index (χ1v) is 11.8. The number of rotatable bonds is 6. The van der Waals surface area contributed by atoms with E-state index < -0.39 is 10.0 Å². The van der Waals surface area contributed by atoms with Crippen molar-refractivity contribution in [1.29, 1.82) is 0 Å². The molecule has 1 heterocycles. The summed E-state index contributed by atoms with van der Waals surface area (Å²) >= 11 is 0. The van der Waals surface area contributed by atoms with Crippen LogP contribution in [0.4, 0.5) is 0 Å². The summed E-state index contributed by atoms with van der Waals surface area (Å²) in [6.45, 7) is 6.98. The second-order valence-corrected chi connectivity index (χ2v) is 9.59. The molecule has 1 unspecified atom stereocenters. The number of morpholine rings is 1. The maximum atomic E-state index is 13.1. The van der Waals surface area contributed by atoms with E-state index >= 15 is 0 Å². The van der Waals surface area contributed by atoms with Gasteiger partial charge in [-0.3, -0.25) is 4.90 Å². The number of aryl methyl sites for hydroxylation is 2. The van der Waals surface area contributed by atoms with Gasteiger partial charge in [0.15, 0.2) is 0 Å². The maximum absolute atomic E-state index is 13.1. The van der Waals surface area contributed by atoms with Crippen LogP contribution in [-0.2, 0) is 14.8 Å².